The highest BCUT2D eigenvalue weighted by Crippen LogP contribution is 2.33. The van der Waals surface area contributed by atoms with Crippen molar-refractivity contribution >= 4 is 23.2 Å². The SMILES string of the molecule is CN(Cc1cc(CNC(=O)c2cc(C(=O)N[C@H]3CCc4cc(-c5noc(=O)[nH]5)ccc43)ncn2)ccc1F)c1c(N)c(=O)c1=O. The number of hydrogen-bond acceptors (Lipinski definition) is 11. The summed E-state index contributed by atoms with van der Waals surface area (Å²) in [6.45, 7) is -0.00512. The third kappa shape index (κ3) is 5.70. The molecule has 2 heterocycles. The van der Waals surface area contributed by atoms with Crippen LogP contribution in [0.2, 0.25) is 0 Å². The lowest BCUT2D eigenvalue weighted by atomic mass is 10.0. The Bertz CT molecular complexity index is 2100. The lowest BCUT2D eigenvalue weighted by Gasteiger charge is -2.22. The number of nitrogens with two attached hydrogens (primary N) is 1. The van der Waals surface area contributed by atoms with Gasteiger partial charge in [-0.2, -0.15) is 0 Å². The van der Waals surface area contributed by atoms with Crippen molar-refractivity contribution in [3.63, 3.8) is 0 Å². The van der Waals surface area contributed by atoms with Crippen LogP contribution in [0.4, 0.5) is 15.8 Å². The summed E-state index contributed by atoms with van der Waals surface area (Å²) in [6.07, 6.45) is 2.46. The molecule has 3 aromatic carbocycles. The first-order valence-corrected chi connectivity index (χ1v) is 13.8. The summed E-state index contributed by atoms with van der Waals surface area (Å²) in [5.41, 5.74) is 7.37. The molecule has 2 aromatic heterocycles. The molecule has 0 spiro atoms. The van der Waals surface area contributed by atoms with E-state index >= 15 is 0 Å². The second-order valence-electron chi connectivity index (χ2n) is 10.6. The number of nitrogen functional groups attached to an aromatic ring is 1. The Morgan fingerprint density at radius 3 is 2.58 bits per heavy atom. The number of anilines is 2. The van der Waals surface area contributed by atoms with Crippen molar-refractivity contribution in [2.75, 3.05) is 17.7 Å². The molecule has 0 saturated carbocycles. The van der Waals surface area contributed by atoms with Crippen molar-refractivity contribution < 1.29 is 18.5 Å². The minimum Gasteiger partial charge on any atom is -0.394 e. The number of hydrogen-bond donors (Lipinski definition) is 4. The molecule has 0 unspecified atom stereocenters. The van der Waals surface area contributed by atoms with E-state index in [1.54, 1.807) is 6.07 Å². The lowest BCUT2D eigenvalue weighted by molar-refractivity contribution is 0.0931. The Hall–Kier alpha value is -5.99. The number of benzene rings is 2. The molecule has 1 aliphatic rings. The molecule has 1 aliphatic carbocycles. The smallest absolute Gasteiger partial charge is 0.394 e. The second kappa shape index (κ2) is 11.6. The van der Waals surface area contributed by atoms with Gasteiger partial charge in [0.1, 0.15) is 34.9 Å². The number of H-pyrrole nitrogens is 1. The first kappa shape index (κ1) is 29.1. The summed E-state index contributed by atoms with van der Waals surface area (Å²) in [4.78, 5) is 72.4. The number of fused-ring (bicyclic) bond motifs is 1. The zero-order valence-electron chi connectivity index (χ0n) is 23.7. The van der Waals surface area contributed by atoms with Gasteiger partial charge in [-0.25, -0.2) is 19.2 Å². The number of amides is 2. The number of carbonyl (C=O) groups excluding carboxylic acids is 2. The standard InChI is InChI=1S/C30H25FN8O6/c1-39(24-23(32)25(40)26(24)41)12-17-8-14(2-6-19(17)31)11-33-28(42)21-10-22(35-13-34-21)29(43)36-20-7-4-15-9-16(3-5-18(15)20)27-37-30(44)45-38-27/h2-3,5-6,8-10,13,20H,4,7,11-12,32H2,1H3,(H,33,42)(H,36,43)(H,37,38,44)/t20-/m0/s1. The molecule has 6 rings (SSSR count). The maximum atomic E-state index is 14.5. The van der Waals surface area contributed by atoms with Gasteiger partial charge in [-0.1, -0.05) is 23.4 Å². The third-order valence-electron chi connectivity index (χ3n) is 7.65. The zero-order valence-corrected chi connectivity index (χ0v) is 23.7. The number of aromatic amines is 1. The monoisotopic (exact) mass is 612 g/mol. The van der Waals surface area contributed by atoms with Gasteiger partial charge in [0, 0.05) is 37.3 Å². The summed E-state index contributed by atoms with van der Waals surface area (Å²) < 4.78 is 19.1. The highest BCUT2D eigenvalue weighted by Gasteiger charge is 2.26. The van der Waals surface area contributed by atoms with E-state index in [0.29, 0.717) is 29.8 Å². The summed E-state index contributed by atoms with van der Waals surface area (Å²) in [6, 6.07) is 10.8. The van der Waals surface area contributed by atoms with Crippen LogP contribution in [0.25, 0.3) is 11.4 Å². The van der Waals surface area contributed by atoms with Crippen LogP contribution >= 0.6 is 0 Å². The van der Waals surface area contributed by atoms with Crippen molar-refractivity contribution in [3.8, 4) is 11.4 Å². The van der Waals surface area contributed by atoms with Crippen LogP contribution < -0.4 is 37.9 Å². The maximum absolute atomic E-state index is 14.5. The van der Waals surface area contributed by atoms with Crippen LogP contribution in [0.3, 0.4) is 0 Å². The molecule has 1 atom stereocenters. The molecule has 2 amide bonds. The lowest BCUT2D eigenvalue weighted by Crippen LogP contribution is -2.40. The Kier molecular flexibility index (Phi) is 7.50. The number of carbonyl (C=O) groups is 2. The fraction of sp³-hybridized carbons (Fsp3) is 0.200. The minimum atomic E-state index is -0.762. The van der Waals surface area contributed by atoms with Gasteiger partial charge in [-0.3, -0.25) is 28.7 Å². The van der Waals surface area contributed by atoms with Crippen molar-refractivity contribution in [1.29, 1.82) is 0 Å². The summed E-state index contributed by atoms with van der Waals surface area (Å²) in [7, 11) is 1.52. The second-order valence-corrected chi connectivity index (χ2v) is 10.6. The van der Waals surface area contributed by atoms with E-state index in [0.717, 1.165) is 17.5 Å². The molecule has 0 aliphatic heterocycles. The van der Waals surface area contributed by atoms with Crippen molar-refractivity contribution in [1.82, 2.24) is 30.7 Å². The Morgan fingerprint density at radius 2 is 1.84 bits per heavy atom. The third-order valence-corrected chi connectivity index (χ3v) is 7.65. The van der Waals surface area contributed by atoms with Gasteiger partial charge >= 0.3 is 5.76 Å². The van der Waals surface area contributed by atoms with E-state index in [4.69, 9.17) is 5.73 Å². The Labute approximate surface area is 252 Å². The van der Waals surface area contributed by atoms with Gasteiger partial charge in [0.25, 0.3) is 22.7 Å². The highest BCUT2D eigenvalue weighted by molar-refractivity contribution is 5.97. The quantitative estimate of drug-likeness (QED) is 0.174. The molecule has 45 heavy (non-hydrogen) atoms. The number of aryl methyl sites for hydroxylation is 1. The van der Waals surface area contributed by atoms with Crippen LogP contribution in [0.15, 0.2) is 67.7 Å². The van der Waals surface area contributed by atoms with Gasteiger partial charge in [0.2, 0.25) is 0 Å². The van der Waals surface area contributed by atoms with Gasteiger partial charge in [-0.15, -0.1) is 0 Å². The number of nitrogens with zero attached hydrogens (tertiary/aromatic N) is 4. The number of rotatable bonds is 9. The number of aromatic nitrogens is 4. The number of halogens is 1. The largest absolute Gasteiger partial charge is 0.439 e. The van der Waals surface area contributed by atoms with Crippen LogP contribution in [-0.2, 0) is 19.5 Å². The van der Waals surface area contributed by atoms with E-state index in [-0.39, 0.29) is 47.5 Å². The predicted octanol–water partition coefficient (Wildman–Crippen LogP) is 1.12. The van der Waals surface area contributed by atoms with E-state index in [2.05, 4.69) is 35.3 Å². The summed E-state index contributed by atoms with van der Waals surface area (Å²) in [5.74, 6) is -1.92. The molecule has 0 saturated heterocycles. The molecule has 5 aromatic rings. The Balaban J connectivity index is 1.08. The first-order chi connectivity index (χ1) is 21.6. The van der Waals surface area contributed by atoms with Crippen LogP contribution in [0, 0.1) is 5.82 Å². The molecule has 0 bridgehead atoms. The summed E-state index contributed by atoms with van der Waals surface area (Å²) >= 11 is 0. The van der Waals surface area contributed by atoms with Gasteiger partial charge in [0.15, 0.2) is 5.82 Å². The van der Waals surface area contributed by atoms with Crippen LogP contribution in [0.5, 0.6) is 0 Å². The predicted molar refractivity (Wildman–Crippen MR) is 159 cm³/mol. The Morgan fingerprint density at radius 1 is 1.07 bits per heavy atom. The van der Waals surface area contributed by atoms with Gasteiger partial charge < -0.3 is 21.3 Å². The molecular formula is C30H25FN8O6. The van der Waals surface area contributed by atoms with Crippen LogP contribution in [0.1, 0.15) is 55.7 Å². The normalized spacial score (nSPS) is 13.9. The van der Waals surface area contributed by atoms with E-state index in [1.165, 1.54) is 36.2 Å². The highest BCUT2D eigenvalue weighted by atomic mass is 19.1. The van der Waals surface area contributed by atoms with Crippen molar-refractivity contribution in [3.05, 3.63) is 119 Å². The average molecular weight is 613 g/mol. The fourth-order valence-corrected chi connectivity index (χ4v) is 5.35. The average Bonchev–Trinajstić information content (AvgIpc) is 3.66. The molecule has 0 radical (unpaired) electrons. The summed E-state index contributed by atoms with van der Waals surface area (Å²) in [5, 5.41) is 9.35. The van der Waals surface area contributed by atoms with E-state index < -0.39 is 34.2 Å². The van der Waals surface area contributed by atoms with Gasteiger partial charge in [-0.05, 0) is 47.7 Å². The van der Waals surface area contributed by atoms with Crippen LogP contribution in [-0.4, -0.2) is 39.0 Å². The molecule has 15 heteroatoms. The molecule has 5 N–H and O–H groups in total. The molecule has 0 fully saturated rings. The minimum absolute atomic E-state index is 0.00472. The fourth-order valence-electron chi connectivity index (χ4n) is 5.35. The molecular weight excluding hydrogens is 587 g/mol. The van der Waals surface area contributed by atoms with E-state index in [1.807, 2.05) is 12.1 Å². The molecule has 14 nitrogen and oxygen atoms in total. The number of nitrogens with one attached hydrogen (secondary N) is 3. The van der Waals surface area contributed by atoms with Crippen molar-refractivity contribution in [2.45, 2.75) is 32.0 Å². The van der Waals surface area contributed by atoms with E-state index in [9.17, 15) is 28.4 Å². The maximum Gasteiger partial charge on any atom is 0.439 e. The van der Waals surface area contributed by atoms with Crippen molar-refractivity contribution in [2.24, 2.45) is 0 Å². The zero-order chi connectivity index (χ0) is 31.8. The first-order valence-electron chi connectivity index (χ1n) is 13.8. The molecule has 228 valence electrons. The van der Waals surface area contributed by atoms with Gasteiger partial charge in [0.05, 0.1) is 6.04 Å². The topological polar surface area (TPSA) is 206 Å².